The molecule has 3 aromatic carbocycles. The van der Waals surface area contributed by atoms with Crippen LogP contribution in [0.4, 0.5) is 0 Å². The molecule has 0 aliphatic heterocycles. The third kappa shape index (κ3) is 3.62. The van der Waals surface area contributed by atoms with E-state index in [9.17, 15) is 0 Å². The molecule has 0 aliphatic rings. The predicted octanol–water partition coefficient (Wildman–Crippen LogP) is 9.10. The van der Waals surface area contributed by atoms with Gasteiger partial charge >= 0.3 is 0 Å². The Kier molecular flexibility index (Phi) is 5.18. The molecule has 0 atom stereocenters. The van der Waals surface area contributed by atoms with Crippen LogP contribution in [0.2, 0.25) is 0 Å². The van der Waals surface area contributed by atoms with Gasteiger partial charge in [0.05, 0.1) is 16.3 Å². The molecule has 6 aromatic rings. The standard InChI is InChI=1S/C28H20N2S3/c1-17-24(29-27(31-17)19-11-5-3-6-12-19)23-21-15-9-10-16-22(21)33-26(23)25-18(2)32-28(30-25)20-13-7-4-8-14-20/h3-16H,1-2H3. The van der Waals surface area contributed by atoms with Crippen LogP contribution >= 0.6 is 34.0 Å². The van der Waals surface area contributed by atoms with Crippen LogP contribution < -0.4 is 0 Å². The van der Waals surface area contributed by atoms with E-state index >= 15 is 0 Å². The van der Waals surface area contributed by atoms with Gasteiger partial charge in [0.2, 0.25) is 0 Å². The quantitative estimate of drug-likeness (QED) is 0.251. The fourth-order valence-corrected chi connectivity index (χ4v) is 7.26. The van der Waals surface area contributed by atoms with Gasteiger partial charge in [-0.2, -0.15) is 0 Å². The summed E-state index contributed by atoms with van der Waals surface area (Å²) in [7, 11) is 0. The summed E-state index contributed by atoms with van der Waals surface area (Å²) >= 11 is 5.34. The summed E-state index contributed by atoms with van der Waals surface area (Å²) in [5.41, 5.74) is 5.67. The molecule has 3 aromatic heterocycles. The minimum absolute atomic E-state index is 1.06. The number of rotatable bonds is 4. The molecule has 0 bridgehead atoms. The van der Waals surface area contributed by atoms with Crippen LogP contribution in [0.25, 0.3) is 53.1 Å². The van der Waals surface area contributed by atoms with Crippen LogP contribution in [0.3, 0.4) is 0 Å². The van der Waals surface area contributed by atoms with E-state index in [1.165, 1.54) is 30.3 Å². The van der Waals surface area contributed by atoms with Crippen LogP contribution in [0, 0.1) is 13.8 Å². The Morgan fingerprint density at radius 2 is 1.06 bits per heavy atom. The van der Waals surface area contributed by atoms with E-state index < -0.39 is 0 Å². The minimum atomic E-state index is 1.06. The Hall–Kier alpha value is -3.12. The molecule has 0 saturated heterocycles. The van der Waals surface area contributed by atoms with Crippen molar-refractivity contribution in [1.29, 1.82) is 0 Å². The minimum Gasteiger partial charge on any atom is -0.236 e. The van der Waals surface area contributed by atoms with Crippen molar-refractivity contribution in [2.45, 2.75) is 13.8 Å². The van der Waals surface area contributed by atoms with E-state index in [1.807, 2.05) is 23.5 Å². The monoisotopic (exact) mass is 480 g/mol. The molecule has 0 radical (unpaired) electrons. The Morgan fingerprint density at radius 1 is 0.545 bits per heavy atom. The molecule has 0 N–H and O–H groups in total. The number of fused-ring (bicyclic) bond motifs is 1. The lowest BCUT2D eigenvalue weighted by atomic mass is 10.0. The van der Waals surface area contributed by atoms with Crippen LogP contribution in [0.15, 0.2) is 84.9 Å². The molecule has 3 heterocycles. The normalized spacial score (nSPS) is 11.3. The number of hydrogen-bond donors (Lipinski definition) is 0. The molecule has 6 rings (SSSR count). The SMILES string of the molecule is Cc1sc(-c2ccccc2)nc1-c1sc2ccccc2c1-c1nc(-c2ccccc2)sc1C. The van der Waals surface area contributed by atoms with Crippen molar-refractivity contribution in [2.24, 2.45) is 0 Å². The first-order valence-corrected chi connectivity index (χ1v) is 13.2. The molecule has 5 heteroatoms. The lowest BCUT2D eigenvalue weighted by Crippen LogP contribution is -1.86. The highest BCUT2D eigenvalue weighted by atomic mass is 32.1. The first-order valence-electron chi connectivity index (χ1n) is 10.8. The number of thiophene rings is 1. The van der Waals surface area contributed by atoms with Gasteiger partial charge in [-0.1, -0.05) is 78.9 Å². The van der Waals surface area contributed by atoms with Crippen LogP contribution in [-0.2, 0) is 0 Å². The van der Waals surface area contributed by atoms with Gasteiger partial charge in [0.1, 0.15) is 10.0 Å². The molecule has 0 saturated carbocycles. The zero-order valence-corrected chi connectivity index (χ0v) is 20.7. The van der Waals surface area contributed by atoms with Gasteiger partial charge in [-0.15, -0.1) is 34.0 Å². The van der Waals surface area contributed by atoms with Crippen molar-refractivity contribution in [3.63, 3.8) is 0 Å². The Labute approximate surface area is 204 Å². The van der Waals surface area contributed by atoms with Crippen LogP contribution in [-0.4, -0.2) is 9.97 Å². The van der Waals surface area contributed by atoms with Crippen molar-refractivity contribution >= 4 is 44.1 Å². The number of thiazole rings is 2. The molecule has 0 amide bonds. The first kappa shape index (κ1) is 20.5. The molecule has 2 nitrogen and oxygen atoms in total. The van der Waals surface area contributed by atoms with Gasteiger partial charge in [0.15, 0.2) is 0 Å². The van der Waals surface area contributed by atoms with Crippen molar-refractivity contribution in [2.75, 3.05) is 0 Å². The summed E-state index contributed by atoms with van der Waals surface area (Å²) in [5, 5.41) is 3.37. The van der Waals surface area contributed by atoms with Gasteiger partial charge in [-0.05, 0) is 19.9 Å². The maximum Gasteiger partial charge on any atom is 0.124 e. The zero-order chi connectivity index (χ0) is 22.4. The molecular weight excluding hydrogens is 461 g/mol. The average Bonchev–Trinajstić information content (AvgIpc) is 3.54. The summed E-state index contributed by atoms with van der Waals surface area (Å²) in [6, 6.07) is 29.5. The largest absolute Gasteiger partial charge is 0.236 e. The molecule has 0 spiro atoms. The zero-order valence-electron chi connectivity index (χ0n) is 18.2. The summed E-state index contributed by atoms with van der Waals surface area (Å²) < 4.78 is 1.27. The first-order chi connectivity index (χ1) is 16.2. The molecule has 33 heavy (non-hydrogen) atoms. The number of aromatic nitrogens is 2. The van der Waals surface area contributed by atoms with Crippen molar-refractivity contribution in [3.8, 4) is 43.0 Å². The third-order valence-electron chi connectivity index (χ3n) is 5.68. The summed E-state index contributed by atoms with van der Waals surface area (Å²) in [5.74, 6) is 0. The topological polar surface area (TPSA) is 25.8 Å². The van der Waals surface area contributed by atoms with E-state index in [-0.39, 0.29) is 0 Å². The number of benzene rings is 3. The van der Waals surface area contributed by atoms with Gasteiger partial charge in [-0.25, -0.2) is 9.97 Å². The van der Waals surface area contributed by atoms with E-state index in [1.54, 1.807) is 22.7 Å². The summed E-state index contributed by atoms with van der Waals surface area (Å²) in [6.45, 7) is 4.36. The molecular formula is C28H20N2S3. The average molecular weight is 481 g/mol. The van der Waals surface area contributed by atoms with E-state index in [0.29, 0.717) is 0 Å². The van der Waals surface area contributed by atoms with E-state index in [2.05, 4.69) is 86.6 Å². The highest BCUT2D eigenvalue weighted by molar-refractivity contribution is 7.23. The van der Waals surface area contributed by atoms with Crippen molar-refractivity contribution in [1.82, 2.24) is 9.97 Å². The predicted molar refractivity (Wildman–Crippen MR) is 144 cm³/mol. The lowest BCUT2D eigenvalue weighted by Gasteiger charge is -2.03. The second-order valence-electron chi connectivity index (χ2n) is 7.88. The van der Waals surface area contributed by atoms with E-state index in [4.69, 9.17) is 9.97 Å². The third-order valence-corrected chi connectivity index (χ3v) is 8.90. The second-order valence-corrected chi connectivity index (χ2v) is 11.3. The number of nitrogens with zero attached hydrogens (tertiary/aromatic N) is 2. The Balaban J connectivity index is 1.57. The fourth-order valence-electron chi connectivity index (χ4n) is 4.09. The second kappa shape index (κ2) is 8.34. The molecule has 0 fully saturated rings. The highest BCUT2D eigenvalue weighted by Crippen LogP contribution is 2.48. The lowest BCUT2D eigenvalue weighted by molar-refractivity contribution is 1.36. The Bertz CT molecular complexity index is 1570. The van der Waals surface area contributed by atoms with Crippen molar-refractivity contribution in [3.05, 3.63) is 94.7 Å². The van der Waals surface area contributed by atoms with E-state index in [0.717, 1.165) is 32.5 Å². The maximum absolute atomic E-state index is 5.15. The smallest absolute Gasteiger partial charge is 0.124 e. The van der Waals surface area contributed by atoms with Gasteiger partial charge < -0.3 is 0 Å². The van der Waals surface area contributed by atoms with Gasteiger partial charge in [0, 0.05) is 36.5 Å². The maximum atomic E-state index is 5.15. The molecule has 160 valence electrons. The van der Waals surface area contributed by atoms with Gasteiger partial charge in [0.25, 0.3) is 0 Å². The highest BCUT2D eigenvalue weighted by Gasteiger charge is 2.24. The molecule has 0 unspecified atom stereocenters. The Morgan fingerprint density at radius 3 is 1.70 bits per heavy atom. The number of hydrogen-bond acceptors (Lipinski definition) is 5. The van der Waals surface area contributed by atoms with Gasteiger partial charge in [-0.3, -0.25) is 0 Å². The number of aryl methyl sites for hydroxylation is 2. The van der Waals surface area contributed by atoms with Crippen molar-refractivity contribution < 1.29 is 0 Å². The van der Waals surface area contributed by atoms with Crippen LogP contribution in [0.1, 0.15) is 9.75 Å². The summed E-state index contributed by atoms with van der Waals surface area (Å²) in [6.07, 6.45) is 0. The molecule has 0 aliphatic carbocycles. The summed E-state index contributed by atoms with van der Waals surface area (Å²) in [4.78, 5) is 14.0. The fraction of sp³-hybridized carbons (Fsp3) is 0.0714. The van der Waals surface area contributed by atoms with Crippen LogP contribution in [0.5, 0.6) is 0 Å².